The van der Waals surface area contributed by atoms with Crippen molar-refractivity contribution < 1.29 is 22.3 Å². The van der Waals surface area contributed by atoms with E-state index in [0.29, 0.717) is 5.56 Å². The van der Waals surface area contributed by atoms with Gasteiger partial charge in [-0.2, -0.15) is 0 Å². The first-order chi connectivity index (χ1) is 8.25. The van der Waals surface area contributed by atoms with Crippen LogP contribution < -0.4 is 10.5 Å². The molecule has 5 nitrogen and oxygen atoms in total. The lowest BCUT2D eigenvalue weighted by atomic mass is 10.2. The Labute approximate surface area is 104 Å². The van der Waals surface area contributed by atoms with Crippen LogP contribution in [0.15, 0.2) is 23.1 Å². The highest BCUT2D eigenvalue weighted by atomic mass is 32.2. The number of benzene rings is 1. The van der Waals surface area contributed by atoms with Gasteiger partial charge in [-0.25, -0.2) is 21.9 Å². The van der Waals surface area contributed by atoms with Crippen LogP contribution in [0.2, 0.25) is 0 Å². The van der Waals surface area contributed by atoms with Crippen LogP contribution in [0.1, 0.15) is 5.56 Å². The van der Waals surface area contributed by atoms with Gasteiger partial charge in [-0.1, -0.05) is 12.1 Å². The maximum atomic E-state index is 12.1. The molecule has 0 aliphatic carbocycles. The van der Waals surface area contributed by atoms with E-state index in [2.05, 4.69) is 0 Å². The van der Waals surface area contributed by atoms with Gasteiger partial charge in [0.05, 0.1) is 5.69 Å². The van der Waals surface area contributed by atoms with Crippen molar-refractivity contribution in [2.24, 2.45) is 0 Å². The molecule has 0 fully saturated rings. The Kier molecular flexibility index (Phi) is 4.60. The minimum Gasteiger partial charge on any atom is -0.398 e. The molecule has 1 unspecified atom stereocenters. The molecule has 1 aromatic rings. The summed E-state index contributed by atoms with van der Waals surface area (Å²) in [7, 11) is -4.02. The van der Waals surface area contributed by atoms with Crippen LogP contribution in [0.4, 0.5) is 14.5 Å². The fraction of sp³-hybridized carbons (Fsp3) is 0.400. The van der Waals surface area contributed by atoms with Crippen LogP contribution in [0.25, 0.3) is 0 Å². The van der Waals surface area contributed by atoms with Crippen molar-refractivity contribution in [3.05, 3.63) is 23.8 Å². The van der Waals surface area contributed by atoms with Crippen molar-refractivity contribution in [1.29, 1.82) is 0 Å². The van der Waals surface area contributed by atoms with Gasteiger partial charge < -0.3 is 10.8 Å². The second-order valence-corrected chi connectivity index (χ2v) is 5.45. The second kappa shape index (κ2) is 5.59. The number of aliphatic hydroxyl groups excluding tert-OH is 1. The molecule has 0 aliphatic heterocycles. The zero-order valence-corrected chi connectivity index (χ0v) is 10.4. The van der Waals surface area contributed by atoms with Crippen LogP contribution in [-0.2, 0) is 10.0 Å². The average Bonchev–Trinajstić information content (AvgIpc) is 2.25. The van der Waals surface area contributed by atoms with Gasteiger partial charge in [0.15, 0.2) is 0 Å². The zero-order valence-electron chi connectivity index (χ0n) is 9.60. The van der Waals surface area contributed by atoms with Crippen LogP contribution in [-0.4, -0.2) is 32.6 Å². The molecule has 0 spiro atoms. The van der Waals surface area contributed by atoms with Crippen LogP contribution in [0.3, 0.4) is 0 Å². The summed E-state index contributed by atoms with van der Waals surface area (Å²) in [5.74, 6) is 0. The first kappa shape index (κ1) is 14.8. The van der Waals surface area contributed by atoms with E-state index in [1.807, 2.05) is 4.72 Å². The monoisotopic (exact) mass is 280 g/mol. The molecule has 8 heteroatoms. The van der Waals surface area contributed by atoms with Crippen molar-refractivity contribution in [1.82, 2.24) is 4.72 Å². The number of alkyl halides is 2. The SMILES string of the molecule is Cc1cccc(N)c1S(=O)(=O)NCC(O)C(F)F. The Morgan fingerprint density at radius 2 is 2.06 bits per heavy atom. The maximum Gasteiger partial charge on any atom is 0.265 e. The molecule has 0 radical (unpaired) electrons. The lowest BCUT2D eigenvalue weighted by Crippen LogP contribution is -2.36. The minimum absolute atomic E-state index is 0.0223. The molecule has 1 aromatic carbocycles. The summed E-state index contributed by atoms with van der Waals surface area (Å²) >= 11 is 0. The summed E-state index contributed by atoms with van der Waals surface area (Å²) in [5.41, 5.74) is 5.96. The summed E-state index contributed by atoms with van der Waals surface area (Å²) < 4.78 is 49.7. The number of nitrogen functional groups attached to an aromatic ring is 1. The van der Waals surface area contributed by atoms with Gasteiger partial charge >= 0.3 is 0 Å². The van der Waals surface area contributed by atoms with E-state index in [4.69, 9.17) is 10.8 Å². The third kappa shape index (κ3) is 3.37. The Morgan fingerprint density at radius 1 is 1.44 bits per heavy atom. The van der Waals surface area contributed by atoms with Crippen molar-refractivity contribution in [3.8, 4) is 0 Å². The lowest BCUT2D eigenvalue weighted by Gasteiger charge is -2.14. The quantitative estimate of drug-likeness (QED) is 0.684. The molecule has 0 heterocycles. The molecular formula is C10H14F2N2O3S. The third-order valence-electron chi connectivity index (χ3n) is 2.28. The molecule has 18 heavy (non-hydrogen) atoms. The molecule has 0 saturated carbocycles. The lowest BCUT2D eigenvalue weighted by molar-refractivity contribution is -0.000450. The Hall–Kier alpha value is -1.25. The summed E-state index contributed by atoms with van der Waals surface area (Å²) in [6, 6.07) is 4.51. The zero-order chi connectivity index (χ0) is 13.9. The highest BCUT2D eigenvalue weighted by Crippen LogP contribution is 2.21. The number of aryl methyl sites for hydroxylation is 1. The van der Waals surface area contributed by atoms with Gasteiger partial charge in [0.2, 0.25) is 10.0 Å². The van der Waals surface area contributed by atoms with E-state index in [9.17, 15) is 17.2 Å². The molecule has 4 N–H and O–H groups in total. The maximum absolute atomic E-state index is 12.1. The normalized spacial score (nSPS) is 13.8. The molecule has 0 amide bonds. The second-order valence-electron chi connectivity index (χ2n) is 3.75. The molecule has 0 aromatic heterocycles. The van der Waals surface area contributed by atoms with Crippen molar-refractivity contribution in [2.75, 3.05) is 12.3 Å². The van der Waals surface area contributed by atoms with E-state index in [1.165, 1.54) is 19.1 Å². The molecule has 0 saturated heterocycles. The summed E-state index contributed by atoms with van der Waals surface area (Å²) in [5, 5.41) is 8.87. The van der Waals surface area contributed by atoms with Gasteiger partial charge in [0.1, 0.15) is 11.0 Å². The smallest absolute Gasteiger partial charge is 0.265 e. The fourth-order valence-electron chi connectivity index (χ4n) is 1.40. The van der Waals surface area contributed by atoms with Crippen LogP contribution >= 0.6 is 0 Å². The number of sulfonamides is 1. The molecule has 0 aliphatic rings. The van der Waals surface area contributed by atoms with Gasteiger partial charge in [-0.3, -0.25) is 0 Å². The fourth-order valence-corrected chi connectivity index (χ4v) is 2.80. The van der Waals surface area contributed by atoms with Crippen molar-refractivity contribution >= 4 is 15.7 Å². The van der Waals surface area contributed by atoms with Crippen LogP contribution in [0.5, 0.6) is 0 Å². The first-order valence-corrected chi connectivity index (χ1v) is 6.55. The third-order valence-corrected chi connectivity index (χ3v) is 3.93. The predicted octanol–water partition coefficient (Wildman–Crippen LogP) is 0.482. The molecular weight excluding hydrogens is 266 g/mol. The van der Waals surface area contributed by atoms with Gasteiger partial charge in [0.25, 0.3) is 6.43 Å². The van der Waals surface area contributed by atoms with Crippen molar-refractivity contribution in [2.45, 2.75) is 24.3 Å². The number of nitrogens with one attached hydrogen (secondary N) is 1. The Bertz CT molecular complexity index is 500. The number of nitrogens with two attached hydrogens (primary N) is 1. The van der Waals surface area contributed by atoms with Crippen molar-refractivity contribution in [3.63, 3.8) is 0 Å². The van der Waals surface area contributed by atoms with E-state index in [-0.39, 0.29) is 10.6 Å². The summed E-state index contributed by atoms with van der Waals surface area (Å²) in [6.45, 7) is 0.766. The number of hydrogen-bond donors (Lipinski definition) is 3. The Balaban J connectivity index is 2.94. The number of halogens is 2. The van der Waals surface area contributed by atoms with Gasteiger partial charge in [-0.15, -0.1) is 0 Å². The predicted molar refractivity (Wildman–Crippen MR) is 62.8 cm³/mol. The molecule has 1 rings (SSSR count). The van der Waals surface area contributed by atoms with Gasteiger partial charge in [0, 0.05) is 6.54 Å². The molecule has 102 valence electrons. The largest absolute Gasteiger partial charge is 0.398 e. The van der Waals surface area contributed by atoms with E-state index in [0.717, 1.165) is 0 Å². The highest BCUT2D eigenvalue weighted by Gasteiger charge is 2.23. The molecule has 0 bridgehead atoms. The van der Waals surface area contributed by atoms with E-state index in [1.54, 1.807) is 6.07 Å². The highest BCUT2D eigenvalue weighted by molar-refractivity contribution is 7.89. The number of rotatable bonds is 5. The Morgan fingerprint density at radius 3 is 2.56 bits per heavy atom. The average molecular weight is 280 g/mol. The van der Waals surface area contributed by atoms with Crippen LogP contribution in [0, 0.1) is 6.92 Å². The number of anilines is 1. The van der Waals surface area contributed by atoms with E-state index < -0.39 is 29.1 Å². The first-order valence-electron chi connectivity index (χ1n) is 5.06. The summed E-state index contributed by atoms with van der Waals surface area (Å²) in [6.07, 6.45) is -5.06. The van der Waals surface area contributed by atoms with Gasteiger partial charge in [-0.05, 0) is 18.6 Å². The molecule has 1 atom stereocenters. The minimum atomic E-state index is -4.02. The standard InChI is InChI=1S/C10H14F2N2O3S/c1-6-3-2-4-7(13)9(6)18(16,17)14-5-8(15)10(11)12/h2-4,8,10,14-15H,5,13H2,1H3. The summed E-state index contributed by atoms with van der Waals surface area (Å²) in [4.78, 5) is -0.161. The number of hydrogen-bond acceptors (Lipinski definition) is 4. The van der Waals surface area contributed by atoms with E-state index >= 15 is 0 Å². The number of aliphatic hydroxyl groups is 1. The topological polar surface area (TPSA) is 92.4 Å².